The second-order valence-corrected chi connectivity index (χ2v) is 6.36. The molecule has 27 heavy (non-hydrogen) atoms. The van der Waals surface area contributed by atoms with Crippen LogP contribution in [0.3, 0.4) is 0 Å². The molecule has 3 rings (SSSR count). The summed E-state index contributed by atoms with van der Waals surface area (Å²) in [6.45, 7) is 4.66. The third kappa shape index (κ3) is 5.67. The summed E-state index contributed by atoms with van der Waals surface area (Å²) in [7, 11) is 0. The SMILES string of the molecule is CC(C)Oc1ccccc1Nc1nccc(NCCc2ccc(F)cc2)n1. The van der Waals surface area contributed by atoms with Gasteiger partial charge in [0, 0.05) is 12.7 Å². The maximum atomic E-state index is 12.9. The number of benzene rings is 2. The Labute approximate surface area is 158 Å². The molecule has 3 aromatic rings. The van der Waals surface area contributed by atoms with Gasteiger partial charge >= 0.3 is 0 Å². The summed E-state index contributed by atoms with van der Waals surface area (Å²) in [4.78, 5) is 8.76. The van der Waals surface area contributed by atoms with Crippen molar-refractivity contribution in [2.45, 2.75) is 26.4 Å². The van der Waals surface area contributed by atoms with Crippen LogP contribution < -0.4 is 15.4 Å². The Morgan fingerprint density at radius 1 is 1.04 bits per heavy atom. The molecule has 0 fully saturated rings. The minimum atomic E-state index is -0.222. The quantitative estimate of drug-likeness (QED) is 0.600. The fourth-order valence-electron chi connectivity index (χ4n) is 2.55. The lowest BCUT2D eigenvalue weighted by atomic mass is 10.1. The fourth-order valence-corrected chi connectivity index (χ4v) is 2.55. The zero-order valence-corrected chi connectivity index (χ0v) is 15.4. The molecule has 1 aromatic heterocycles. The van der Waals surface area contributed by atoms with Gasteiger partial charge in [0.2, 0.25) is 5.95 Å². The van der Waals surface area contributed by atoms with Gasteiger partial charge in [-0.1, -0.05) is 24.3 Å². The van der Waals surface area contributed by atoms with Gasteiger partial charge in [0.15, 0.2) is 0 Å². The van der Waals surface area contributed by atoms with Crippen molar-refractivity contribution in [1.82, 2.24) is 9.97 Å². The highest BCUT2D eigenvalue weighted by Crippen LogP contribution is 2.27. The van der Waals surface area contributed by atoms with E-state index in [0.29, 0.717) is 12.5 Å². The largest absolute Gasteiger partial charge is 0.489 e. The zero-order valence-electron chi connectivity index (χ0n) is 15.4. The van der Waals surface area contributed by atoms with Crippen molar-refractivity contribution >= 4 is 17.5 Å². The minimum absolute atomic E-state index is 0.0772. The summed E-state index contributed by atoms with van der Waals surface area (Å²) in [5.41, 5.74) is 1.88. The Kier molecular flexibility index (Phi) is 6.20. The summed E-state index contributed by atoms with van der Waals surface area (Å²) < 4.78 is 18.8. The number of hydrogen-bond acceptors (Lipinski definition) is 5. The molecule has 0 spiro atoms. The highest BCUT2D eigenvalue weighted by atomic mass is 19.1. The van der Waals surface area contributed by atoms with E-state index in [-0.39, 0.29) is 11.9 Å². The summed E-state index contributed by atoms with van der Waals surface area (Å²) in [6.07, 6.45) is 2.55. The van der Waals surface area contributed by atoms with Crippen LogP contribution in [-0.2, 0) is 6.42 Å². The van der Waals surface area contributed by atoms with Crippen LogP contribution >= 0.6 is 0 Å². The number of para-hydroxylation sites is 2. The summed E-state index contributed by atoms with van der Waals surface area (Å²) in [5.74, 6) is 1.74. The molecule has 0 saturated carbocycles. The maximum absolute atomic E-state index is 12.9. The number of rotatable bonds is 8. The molecule has 2 N–H and O–H groups in total. The van der Waals surface area contributed by atoms with Gasteiger partial charge in [-0.25, -0.2) is 9.37 Å². The van der Waals surface area contributed by atoms with E-state index in [1.165, 1.54) is 12.1 Å². The Hall–Kier alpha value is -3.15. The number of nitrogens with one attached hydrogen (secondary N) is 2. The van der Waals surface area contributed by atoms with Crippen molar-refractivity contribution in [2.24, 2.45) is 0 Å². The molecule has 0 aliphatic rings. The average molecular weight is 366 g/mol. The first kappa shape index (κ1) is 18.6. The average Bonchev–Trinajstić information content (AvgIpc) is 2.65. The van der Waals surface area contributed by atoms with Crippen molar-refractivity contribution in [3.63, 3.8) is 0 Å². The first-order valence-corrected chi connectivity index (χ1v) is 8.94. The Bertz CT molecular complexity index is 868. The molecular weight excluding hydrogens is 343 g/mol. The number of halogens is 1. The van der Waals surface area contributed by atoms with E-state index in [1.807, 2.05) is 44.2 Å². The third-order valence-corrected chi connectivity index (χ3v) is 3.78. The highest BCUT2D eigenvalue weighted by molar-refractivity contribution is 5.63. The van der Waals surface area contributed by atoms with Crippen molar-refractivity contribution < 1.29 is 9.13 Å². The van der Waals surface area contributed by atoms with Gasteiger partial charge in [0.1, 0.15) is 17.4 Å². The second kappa shape index (κ2) is 8.98. The molecule has 0 aliphatic heterocycles. The monoisotopic (exact) mass is 366 g/mol. The lowest BCUT2D eigenvalue weighted by Gasteiger charge is -2.15. The van der Waals surface area contributed by atoms with Crippen molar-refractivity contribution in [2.75, 3.05) is 17.2 Å². The zero-order chi connectivity index (χ0) is 19.1. The Balaban J connectivity index is 1.61. The van der Waals surface area contributed by atoms with Crippen molar-refractivity contribution in [3.05, 3.63) is 72.2 Å². The van der Waals surface area contributed by atoms with Crippen LogP contribution in [0.2, 0.25) is 0 Å². The van der Waals surface area contributed by atoms with Crippen LogP contribution in [-0.4, -0.2) is 22.6 Å². The lowest BCUT2D eigenvalue weighted by Crippen LogP contribution is -2.09. The van der Waals surface area contributed by atoms with Crippen LogP contribution in [0.5, 0.6) is 5.75 Å². The molecule has 2 aromatic carbocycles. The van der Waals surface area contributed by atoms with Gasteiger partial charge in [-0.3, -0.25) is 0 Å². The minimum Gasteiger partial charge on any atom is -0.489 e. The number of hydrogen-bond donors (Lipinski definition) is 2. The van der Waals surface area contributed by atoms with Gasteiger partial charge < -0.3 is 15.4 Å². The van der Waals surface area contributed by atoms with Crippen LogP contribution in [0.4, 0.5) is 21.8 Å². The van der Waals surface area contributed by atoms with E-state index in [1.54, 1.807) is 18.3 Å². The number of anilines is 3. The van der Waals surface area contributed by atoms with Crippen molar-refractivity contribution in [1.29, 1.82) is 0 Å². The maximum Gasteiger partial charge on any atom is 0.229 e. The molecule has 1 heterocycles. The molecule has 0 saturated heterocycles. The third-order valence-electron chi connectivity index (χ3n) is 3.78. The van der Waals surface area contributed by atoms with E-state index < -0.39 is 0 Å². The first-order valence-electron chi connectivity index (χ1n) is 8.94. The van der Waals surface area contributed by atoms with Gasteiger partial charge in [0.05, 0.1) is 11.8 Å². The van der Waals surface area contributed by atoms with Crippen LogP contribution in [0.25, 0.3) is 0 Å². The lowest BCUT2D eigenvalue weighted by molar-refractivity contribution is 0.244. The molecule has 6 heteroatoms. The molecule has 0 atom stereocenters. The normalized spacial score (nSPS) is 10.7. The first-order chi connectivity index (χ1) is 13.1. The molecule has 0 bridgehead atoms. The number of nitrogens with zero attached hydrogens (tertiary/aromatic N) is 2. The Morgan fingerprint density at radius 3 is 2.59 bits per heavy atom. The summed E-state index contributed by atoms with van der Waals surface area (Å²) in [5, 5.41) is 6.47. The van der Waals surface area contributed by atoms with E-state index in [2.05, 4.69) is 20.6 Å². The van der Waals surface area contributed by atoms with E-state index in [0.717, 1.165) is 29.2 Å². The van der Waals surface area contributed by atoms with Crippen molar-refractivity contribution in [3.8, 4) is 5.75 Å². The Morgan fingerprint density at radius 2 is 1.81 bits per heavy atom. The molecule has 0 unspecified atom stereocenters. The molecule has 0 radical (unpaired) electrons. The van der Waals surface area contributed by atoms with E-state index >= 15 is 0 Å². The van der Waals surface area contributed by atoms with Gasteiger partial charge in [-0.15, -0.1) is 0 Å². The standard InChI is InChI=1S/C21H23FN4O/c1-15(2)27-19-6-4-3-5-18(19)25-21-24-14-12-20(26-21)23-13-11-16-7-9-17(22)10-8-16/h3-10,12,14-15H,11,13H2,1-2H3,(H2,23,24,25,26). The molecule has 0 amide bonds. The molecule has 140 valence electrons. The predicted molar refractivity (Wildman–Crippen MR) is 106 cm³/mol. The molecule has 5 nitrogen and oxygen atoms in total. The summed E-state index contributed by atoms with van der Waals surface area (Å²) in [6, 6.07) is 16.0. The fraction of sp³-hybridized carbons (Fsp3) is 0.238. The van der Waals surface area contributed by atoms with Crippen LogP contribution in [0, 0.1) is 5.82 Å². The topological polar surface area (TPSA) is 59.1 Å². The van der Waals surface area contributed by atoms with E-state index in [9.17, 15) is 4.39 Å². The highest BCUT2D eigenvalue weighted by Gasteiger charge is 2.07. The van der Waals surface area contributed by atoms with Gasteiger partial charge in [-0.2, -0.15) is 4.98 Å². The predicted octanol–water partition coefficient (Wildman–Crippen LogP) is 4.80. The summed E-state index contributed by atoms with van der Waals surface area (Å²) >= 11 is 0. The number of ether oxygens (including phenoxy) is 1. The van der Waals surface area contributed by atoms with Crippen LogP contribution in [0.15, 0.2) is 60.8 Å². The molecule has 0 aliphatic carbocycles. The van der Waals surface area contributed by atoms with E-state index in [4.69, 9.17) is 4.74 Å². The second-order valence-electron chi connectivity index (χ2n) is 6.36. The van der Waals surface area contributed by atoms with Crippen LogP contribution in [0.1, 0.15) is 19.4 Å². The van der Waals surface area contributed by atoms with Gasteiger partial charge in [0.25, 0.3) is 0 Å². The number of aromatic nitrogens is 2. The van der Waals surface area contributed by atoms with Gasteiger partial charge in [-0.05, 0) is 56.2 Å². The smallest absolute Gasteiger partial charge is 0.229 e. The molecular formula is C21H23FN4O.